The summed E-state index contributed by atoms with van der Waals surface area (Å²) in [5.41, 5.74) is 1.22. The van der Waals surface area contributed by atoms with Gasteiger partial charge in [-0.25, -0.2) is 4.98 Å². The fourth-order valence-electron chi connectivity index (χ4n) is 1.50. The monoisotopic (exact) mass is 197 g/mol. The molecule has 0 N–H and O–H groups in total. The first-order chi connectivity index (χ1) is 7.40. The summed E-state index contributed by atoms with van der Waals surface area (Å²) in [6, 6.07) is 12.3. The van der Waals surface area contributed by atoms with Crippen LogP contribution in [0.15, 0.2) is 42.7 Å². The number of aromatic nitrogens is 2. The molecular weight excluding hydrogens is 186 g/mol. The van der Waals surface area contributed by atoms with Gasteiger partial charge in [-0.2, -0.15) is 5.26 Å². The van der Waals surface area contributed by atoms with E-state index >= 15 is 0 Å². The van der Waals surface area contributed by atoms with Crippen molar-refractivity contribution >= 4 is 0 Å². The molecular formula is C12H11N3. The van der Waals surface area contributed by atoms with E-state index in [4.69, 9.17) is 5.26 Å². The highest BCUT2D eigenvalue weighted by Crippen LogP contribution is 2.05. The van der Waals surface area contributed by atoms with Gasteiger partial charge in [0.15, 0.2) is 0 Å². The molecule has 0 spiro atoms. The van der Waals surface area contributed by atoms with Gasteiger partial charge in [-0.05, 0) is 5.56 Å². The topological polar surface area (TPSA) is 41.6 Å². The number of nitrogens with zero attached hydrogens (tertiary/aromatic N) is 3. The van der Waals surface area contributed by atoms with E-state index in [1.54, 1.807) is 6.20 Å². The number of imidazole rings is 1. The van der Waals surface area contributed by atoms with Crippen molar-refractivity contribution in [2.24, 2.45) is 0 Å². The molecule has 0 fully saturated rings. The molecule has 1 heterocycles. The zero-order valence-electron chi connectivity index (χ0n) is 8.30. The number of benzene rings is 1. The van der Waals surface area contributed by atoms with Crippen LogP contribution in [0.1, 0.15) is 11.4 Å². The Hall–Kier alpha value is -2.08. The molecule has 2 aromatic rings. The van der Waals surface area contributed by atoms with Crippen LogP contribution in [0.2, 0.25) is 0 Å². The molecule has 1 aromatic carbocycles. The molecule has 0 unspecified atom stereocenters. The molecule has 0 aliphatic rings. The Morgan fingerprint density at radius 2 is 2.07 bits per heavy atom. The summed E-state index contributed by atoms with van der Waals surface area (Å²) in [5.74, 6) is 0.821. The van der Waals surface area contributed by atoms with Gasteiger partial charge in [0.05, 0.1) is 12.5 Å². The second-order valence-corrected chi connectivity index (χ2v) is 3.29. The lowest BCUT2D eigenvalue weighted by atomic mass is 10.2. The van der Waals surface area contributed by atoms with E-state index in [9.17, 15) is 0 Å². The summed E-state index contributed by atoms with van der Waals surface area (Å²) in [5, 5.41) is 8.63. The van der Waals surface area contributed by atoms with Crippen LogP contribution in [0.4, 0.5) is 0 Å². The summed E-state index contributed by atoms with van der Waals surface area (Å²) >= 11 is 0. The second kappa shape index (κ2) is 4.43. The molecule has 0 aliphatic heterocycles. The largest absolute Gasteiger partial charge is 0.330 e. The van der Waals surface area contributed by atoms with Gasteiger partial charge in [0.1, 0.15) is 5.82 Å². The Labute approximate surface area is 88.6 Å². The molecule has 1 aromatic heterocycles. The van der Waals surface area contributed by atoms with Gasteiger partial charge in [-0.15, -0.1) is 0 Å². The van der Waals surface area contributed by atoms with Crippen molar-refractivity contribution in [2.45, 2.75) is 13.0 Å². The molecule has 0 amide bonds. The van der Waals surface area contributed by atoms with Crippen molar-refractivity contribution in [1.29, 1.82) is 5.26 Å². The van der Waals surface area contributed by atoms with E-state index in [1.807, 2.05) is 29.0 Å². The van der Waals surface area contributed by atoms with Crippen molar-refractivity contribution in [3.05, 3.63) is 54.1 Å². The van der Waals surface area contributed by atoms with Crippen LogP contribution in [0, 0.1) is 11.3 Å². The molecule has 0 atom stereocenters. The highest BCUT2D eigenvalue weighted by molar-refractivity contribution is 5.16. The number of rotatable bonds is 3. The molecule has 0 aliphatic carbocycles. The first kappa shape index (κ1) is 9.47. The number of hydrogen-bond donors (Lipinski definition) is 0. The summed E-state index contributed by atoms with van der Waals surface area (Å²) in [4.78, 5) is 4.14. The van der Waals surface area contributed by atoms with Crippen LogP contribution < -0.4 is 0 Å². The third kappa shape index (κ3) is 2.23. The number of nitriles is 1. The van der Waals surface area contributed by atoms with Gasteiger partial charge < -0.3 is 4.57 Å². The first-order valence-electron chi connectivity index (χ1n) is 4.81. The minimum absolute atomic E-state index is 0.361. The SMILES string of the molecule is N#CCc1nccn1Cc1ccccc1. The van der Waals surface area contributed by atoms with Gasteiger partial charge >= 0.3 is 0 Å². The van der Waals surface area contributed by atoms with Crippen molar-refractivity contribution in [1.82, 2.24) is 9.55 Å². The van der Waals surface area contributed by atoms with E-state index in [1.165, 1.54) is 5.56 Å². The van der Waals surface area contributed by atoms with Crippen LogP contribution in [0.5, 0.6) is 0 Å². The molecule has 2 rings (SSSR count). The molecule has 15 heavy (non-hydrogen) atoms. The summed E-state index contributed by atoms with van der Waals surface area (Å²) < 4.78 is 2.00. The maximum atomic E-state index is 8.63. The zero-order valence-corrected chi connectivity index (χ0v) is 8.30. The molecule has 0 radical (unpaired) electrons. The third-order valence-electron chi connectivity index (χ3n) is 2.23. The van der Waals surface area contributed by atoms with Gasteiger partial charge in [-0.1, -0.05) is 30.3 Å². The maximum absolute atomic E-state index is 8.63. The Morgan fingerprint density at radius 3 is 2.80 bits per heavy atom. The van der Waals surface area contributed by atoms with Gasteiger partial charge in [0.2, 0.25) is 0 Å². The lowest BCUT2D eigenvalue weighted by Crippen LogP contribution is -2.03. The van der Waals surface area contributed by atoms with E-state index < -0.39 is 0 Å². The molecule has 3 heteroatoms. The average Bonchev–Trinajstić information content (AvgIpc) is 2.68. The standard InChI is InChI=1S/C12H11N3/c13-7-6-12-14-8-9-15(12)10-11-4-2-1-3-5-11/h1-5,8-9H,6,10H2. The summed E-state index contributed by atoms with van der Waals surface area (Å²) in [7, 11) is 0. The fourth-order valence-corrected chi connectivity index (χ4v) is 1.50. The lowest BCUT2D eigenvalue weighted by Gasteiger charge is -2.05. The van der Waals surface area contributed by atoms with Gasteiger partial charge in [0, 0.05) is 18.9 Å². The molecule has 0 saturated carbocycles. The Kier molecular flexibility index (Phi) is 2.80. The fraction of sp³-hybridized carbons (Fsp3) is 0.167. The van der Waals surface area contributed by atoms with Crippen molar-refractivity contribution < 1.29 is 0 Å². The first-order valence-corrected chi connectivity index (χ1v) is 4.81. The van der Waals surface area contributed by atoms with Crippen molar-refractivity contribution in [3.63, 3.8) is 0 Å². The van der Waals surface area contributed by atoms with Gasteiger partial charge in [0.25, 0.3) is 0 Å². The predicted octanol–water partition coefficient (Wildman–Crippen LogP) is 2.00. The Bertz CT molecular complexity index is 465. The highest BCUT2D eigenvalue weighted by atomic mass is 15.1. The minimum atomic E-state index is 0.361. The summed E-state index contributed by atoms with van der Waals surface area (Å²) in [6.07, 6.45) is 4.00. The zero-order chi connectivity index (χ0) is 10.5. The Balaban J connectivity index is 2.18. The van der Waals surface area contributed by atoms with E-state index in [2.05, 4.69) is 23.2 Å². The quantitative estimate of drug-likeness (QED) is 0.755. The lowest BCUT2D eigenvalue weighted by molar-refractivity contribution is 0.747. The van der Waals surface area contributed by atoms with Crippen molar-refractivity contribution in [3.8, 4) is 6.07 Å². The van der Waals surface area contributed by atoms with Crippen LogP contribution in [0.3, 0.4) is 0 Å². The van der Waals surface area contributed by atoms with Gasteiger partial charge in [-0.3, -0.25) is 0 Å². The smallest absolute Gasteiger partial charge is 0.123 e. The van der Waals surface area contributed by atoms with E-state index in [-0.39, 0.29) is 0 Å². The molecule has 3 nitrogen and oxygen atoms in total. The Morgan fingerprint density at radius 1 is 1.27 bits per heavy atom. The minimum Gasteiger partial charge on any atom is -0.330 e. The third-order valence-corrected chi connectivity index (χ3v) is 2.23. The van der Waals surface area contributed by atoms with Crippen LogP contribution in [-0.2, 0) is 13.0 Å². The van der Waals surface area contributed by atoms with Crippen LogP contribution in [0.25, 0.3) is 0 Å². The molecule has 0 bridgehead atoms. The van der Waals surface area contributed by atoms with E-state index in [0.29, 0.717) is 6.42 Å². The second-order valence-electron chi connectivity index (χ2n) is 3.29. The predicted molar refractivity (Wildman–Crippen MR) is 57.1 cm³/mol. The average molecular weight is 197 g/mol. The molecule has 74 valence electrons. The highest BCUT2D eigenvalue weighted by Gasteiger charge is 2.01. The number of hydrogen-bond acceptors (Lipinski definition) is 2. The van der Waals surface area contributed by atoms with E-state index in [0.717, 1.165) is 12.4 Å². The van der Waals surface area contributed by atoms with Crippen LogP contribution >= 0.6 is 0 Å². The summed E-state index contributed by atoms with van der Waals surface area (Å²) in [6.45, 7) is 0.776. The normalized spacial score (nSPS) is 9.80. The maximum Gasteiger partial charge on any atom is 0.123 e. The molecule has 0 saturated heterocycles. The van der Waals surface area contributed by atoms with Crippen LogP contribution in [-0.4, -0.2) is 9.55 Å². The van der Waals surface area contributed by atoms with Crippen molar-refractivity contribution in [2.75, 3.05) is 0 Å².